The third-order valence-electron chi connectivity index (χ3n) is 6.32. The zero-order chi connectivity index (χ0) is 21.1. The lowest BCUT2D eigenvalue weighted by molar-refractivity contribution is 0.0759. The first kappa shape index (κ1) is 21.5. The molecule has 0 bridgehead atoms. The van der Waals surface area contributed by atoms with Crippen molar-refractivity contribution in [3.63, 3.8) is 0 Å². The number of carbonyl (C=O) groups excluding carboxylic acids is 1. The van der Waals surface area contributed by atoms with E-state index in [-0.39, 0.29) is 10.8 Å². The third kappa shape index (κ3) is 4.48. The van der Waals surface area contributed by atoms with Crippen LogP contribution >= 0.6 is 11.3 Å². The van der Waals surface area contributed by atoms with Gasteiger partial charge in [-0.3, -0.25) is 4.79 Å². The molecule has 1 aromatic heterocycles. The summed E-state index contributed by atoms with van der Waals surface area (Å²) in [6.45, 7) is 4.61. The number of fused-ring (bicyclic) bond motifs is 1. The number of hydrogen-bond donors (Lipinski definition) is 0. The molecule has 0 N–H and O–H groups in total. The van der Waals surface area contributed by atoms with Gasteiger partial charge in [0.05, 0.1) is 4.90 Å². The van der Waals surface area contributed by atoms with E-state index in [1.165, 1.54) is 28.4 Å². The molecule has 30 heavy (non-hydrogen) atoms. The zero-order valence-electron chi connectivity index (χ0n) is 17.5. The van der Waals surface area contributed by atoms with Crippen LogP contribution in [0, 0.1) is 5.92 Å². The second-order valence-corrected chi connectivity index (χ2v) is 11.3. The number of benzene rings is 1. The molecule has 0 saturated carbocycles. The van der Waals surface area contributed by atoms with Crippen molar-refractivity contribution in [3.8, 4) is 0 Å². The van der Waals surface area contributed by atoms with Crippen LogP contribution in [0.5, 0.6) is 0 Å². The van der Waals surface area contributed by atoms with Crippen LogP contribution in [0.3, 0.4) is 0 Å². The molecule has 0 aliphatic carbocycles. The standard InChI is InChI=1S/C23H30N2O3S2/c1-2-5-18-6-4-12-24(13-9-18)23(26)19-7-3-8-21(16-19)30(27,28)25-14-10-22-20(17-25)11-15-29-22/h3,7-8,11,15-16,18H,2,4-6,9-10,12-14,17H2,1H3. The van der Waals surface area contributed by atoms with Crippen LogP contribution in [0.2, 0.25) is 0 Å². The number of nitrogens with zero attached hydrogens (tertiary/aromatic N) is 2. The van der Waals surface area contributed by atoms with Crippen molar-refractivity contribution in [2.75, 3.05) is 19.6 Å². The number of thiophene rings is 1. The van der Waals surface area contributed by atoms with Crippen molar-refractivity contribution < 1.29 is 13.2 Å². The van der Waals surface area contributed by atoms with E-state index >= 15 is 0 Å². The van der Waals surface area contributed by atoms with E-state index in [4.69, 9.17) is 0 Å². The molecule has 2 aliphatic rings. The minimum atomic E-state index is -3.63. The molecule has 2 aromatic rings. The first-order chi connectivity index (χ1) is 14.5. The van der Waals surface area contributed by atoms with Gasteiger partial charge in [-0.25, -0.2) is 8.42 Å². The summed E-state index contributed by atoms with van der Waals surface area (Å²) in [6, 6.07) is 8.61. The van der Waals surface area contributed by atoms with E-state index < -0.39 is 10.0 Å². The highest BCUT2D eigenvalue weighted by Gasteiger charge is 2.30. The average Bonchev–Trinajstić information content (AvgIpc) is 3.11. The summed E-state index contributed by atoms with van der Waals surface area (Å²) >= 11 is 1.69. The van der Waals surface area contributed by atoms with Gasteiger partial charge in [0.15, 0.2) is 0 Å². The molecule has 0 radical (unpaired) electrons. The molecule has 162 valence electrons. The van der Waals surface area contributed by atoms with Crippen molar-refractivity contribution in [1.82, 2.24) is 9.21 Å². The highest BCUT2D eigenvalue weighted by Crippen LogP contribution is 2.29. The van der Waals surface area contributed by atoms with Gasteiger partial charge in [0.25, 0.3) is 5.91 Å². The van der Waals surface area contributed by atoms with E-state index in [0.717, 1.165) is 37.9 Å². The van der Waals surface area contributed by atoms with Crippen molar-refractivity contribution in [2.45, 2.75) is 56.9 Å². The van der Waals surface area contributed by atoms with Crippen molar-refractivity contribution in [2.24, 2.45) is 5.92 Å². The quantitative estimate of drug-likeness (QED) is 0.678. The fraction of sp³-hybridized carbons (Fsp3) is 0.522. The SMILES string of the molecule is CCCC1CCCN(C(=O)c2cccc(S(=O)(=O)N3CCc4sccc4C3)c2)CC1. The minimum Gasteiger partial charge on any atom is -0.339 e. The second kappa shape index (κ2) is 9.20. The van der Waals surface area contributed by atoms with Gasteiger partial charge in [-0.2, -0.15) is 4.31 Å². The Morgan fingerprint density at radius 2 is 2.03 bits per heavy atom. The maximum atomic E-state index is 13.2. The van der Waals surface area contributed by atoms with Crippen LogP contribution < -0.4 is 0 Å². The van der Waals surface area contributed by atoms with Crippen molar-refractivity contribution in [1.29, 1.82) is 0 Å². The van der Waals surface area contributed by atoms with Gasteiger partial charge < -0.3 is 4.90 Å². The fourth-order valence-electron chi connectivity index (χ4n) is 4.61. The van der Waals surface area contributed by atoms with Crippen molar-refractivity contribution >= 4 is 27.3 Å². The predicted molar refractivity (Wildman–Crippen MR) is 120 cm³/mol. The second-order valence-electron chi connectivity index (χ2n) is 8.36. The topological polar surface area (TPSA) is 57.7 Å². The first-order valence-corrected chi connectivity index (χ1v) is 13.3. The van der Waals surface area contributed by atoms with Crippen LogP contribution in [0.1, 0.15) is 59.8 Å². The summed E-state index contributed by atoms with van der Waals surface area (Å²) in [7, 11) is -3.63. The molecule has 1 atom stereocenters. The Balaban J connectivity index is 1.50. The molecule has 5 nitrogen and oxygen atoms in total. The molecule has 3 heterocycles. The number of sulfonamides is 1. The molecule has 1 fully saturated rings. The smallest absolute Gasteiger partial charge is 0.253 e. The summed E-state index contributed by atoms with van der Waals surface area (Å²) in [6.07, 6.45) is 6.38. The van der Waals surface area contributed by atoms with E-state index in [9.17, 15) is 13.2 Å². The Hall–Kier alpha value is -1.70. The summed E-state index contributed by atoms with van der Waals surface area (Å²) in [4.78, 5) is 16.5. The molecular weight excluding hydrogens is 416 g/mol. The third-order valence-corrected chi connectivity index (χ3v) is 9.19. The normalized spacial score (nSPS) is 20.6. The fourth-order valence-corrected chi connectivity index (χ4v) is 6.97. The minimum absolute atomic E-state index is 0.0528. The Morgan fingerprint density at radius 1 is 1.17 bits per heavy atom. The monoisotopic (exact) mass is 446 g/mol. The molecule has 4 rings (SSSR count). The molecule has 7 heteroatoms. The van der Waals surface area contributed by atoms with Gasteiger partial charge in [-0.15, -0.1) is 11.3 Å². The highest BCUT2D eigenvalue weighted by molar-refractivity contribution is 7.89. The van der Waals surface area contributed by atoms with Crippen LogP contribution in [0.4, 0.5) is 0 Å². The van der Waals surface area contributed by atoms with Crippen molar-refractivity contribution in [3.05, 3.63) is 51.7 Å². The summed E-state index contributed by atoms with van der Waals surface area (Å²) in [5.74, 6) is 0.642. The molecular formula is C23H30N2O3S2. The molecule has 2 aliphatic heterocycles. The number of amides is 1. The van der Waals surface area contributed by atoms with Crippen LogP contribution in [0.15, 0.2) is 40.6 Å². The number of likely N-dealkylation sites (tertiary alicyclic amines) is 1. The van der Waals surface area contributed by atoms with E-state index in [2.05, 4.69) is 6.92 Å². The first-order valence-electron chi connectivity index (χ1n) is 10.9. The summed E-state index contributed by atoms with van der Waals surface area (Å²) < 4.78 is 28.0. The van der Waals surface area contributed by atoms with Gasteiger partial charge in [-0.1, -0.05) is 25.8 Å². The highest BCUT2D eigenvalue weighted by atomic mass is 32.2. The number of carbonyl (C=O) groups is 1. The molecule has 1 aromatic carbocycles. The Labute approximate surface area is 183 Å². The van der Waals surface area contributed by atoms with Crippen LogP contribution in [-0.2, 0) is 23.0 Å². The lowest BCUT2D eigenvalue weighted by atomic mass is 9.96. The van der Waals surface area contributed by atoms with E-state index in [0.29, 0.717) is 24.6 Å². The zero-order valence-corrected chi connectivity index (χ0v) is 19.2. The number of rotatable bonds is 5. The average molecular weight is 447 g/mol. The molecule has 1 amide bonds. The van der Waals surface area contributed by atoms with Gasteiger partial charge in [-0.05, 0) is 66.8 Å². The lowest BCUT2D eigenvalue weighted by Gasteiger charge is -2.26. The number of hydrogen-bond acceptors (Lipinski definition) is 4. The van der Waals surface area contributed by atoms with Gasteiger partial charge in [0.1, 0.15) is 0 Å². The summed E-state index contributed by atoms with van der Waals surface area (Å²) in [5.41, 5.74) is 1.56. The lowest BCUT2D eigenvalue weighted by Crippen LogP contribution is -2.35. The summed E-state index contributed by atoms with van der Waals surface area (Å²) in [5, 5.41) is 2.02. The van der Waals surface area contributed by atoms with E-state index in [1.54, 1.807) is 35.6 Å². The maximum absolute atomic E-state index is 13.2. The Morgan fingerprint density at radius 3 is 2.87 bits per heavy atom. The van der Waals surface area contributed by atoms with Gasteiger partial charge in [0.2, 0.25) is 10.0 Å². The Kier molecular flexibility index (Phi) is 6.60. The predicted octanol–water partition coefficient (Wildman–Crippen LogP) is 4.54. The largest absolute Gasteiger partial charge is 0.339 e. The Bertz CT molecular complexity index is 999. The van der Waals surface area contributed by atoms with Crippen LogP contribution in [0.25, 0.3) is 0 Å². The van der Waals surface area contributed by atoms with Gasteiger partial charge in [0, 0.05) is 36.6 Å². The molecule has 1 saturated heterocycles. The van der Waals surface area contributed by atoms with Crippen LogP contribution in [-0.4, -0.2) is 43.2 Å². The van der Waals surface area contributed by atoms with Gasteiger partial charge >= 0.3 is 0 Å². The maximum Gasteiger partial charge on any atom is 0.253 e. The molecule has 1 unspecified atom stereocenters. The van der Waals surface area contributed by atoms with E-state index in [1.807, 2.05) is 16.3 Å². The molecule has 0 spiro atoms.